The van der Waals surface area contributed by atoms with E-state index >= 15 is 0 Å². The lowest BCUT2D eigenvalue weighted by molar-refractivity contribution is 0.100. The number of primary amides is 1. The van der Waals surface area contributed by atoms with Crippen molar-refractivity contribution in [1.82, 2.24) is 14.8 Å². The van der Waals surface area contributed by atoms with Gasteiger partial charge in [-0.3, -0.25) is 14.7 Å². The number of pyridine rings is 1. The van der Waals surface area contributed by atoms with Gasteiger partial charge in [0.1, 0.15) is 0 Å². The van der Waals surface area contributed by atoms with Crippen molar-refractivity contribution < 1.29 is 4.79 Å². The second-order valence-corrected chi connectivity index (χ2v) is 8.76. The van der Waals surface area contributed by atoms with Gasteiger partial charge in [-0.05, 0) is 47.5 Å². The molecule has 0 atom stereocenters. The number of nitrogens with two attached hydrogens (primary N) is 1. The Morgan fingerprint density at radius 3 is 2.50 bits per heavy atom. The van der Waals surface area contributed by atoms with Crippen LogP contribution in [0.3, 0.4) is 0 Å². The van der Waals surface area contributed by atoms with E-state index in [9.17, 15) is 4.79 Å². The Balaban J connectivity index is 1.36. The van der Waals surface area contributed by atoms with E-state index in [1.807, 2.05) is 24.4 Å². The van der Waals surface area contributed by atoms with E-state index in [1.54, 1.807) is 6.07 Å². The van der Waals surface area contributed by atoms with Crippen molar-refractivity contribution in [2.24, 2.45) is 5.73 Å². The number of nitrogens with zero attached hydrogens (tertiary/aromatic N) is 3. The average Bonchev–Trinajstić information content (AvgIpc) is 3.24. The molecule has 2 aliphatic rings. The van der Waals surface area contributed by atoms with Crippen LogP contribution >= 0.6 is 0 Å². The highest BCUT2D eigenvalue weighted by molar-refractivity contribution is 5.95. The summed E-state index contributed by atoms with van der Waals surface area (Å²) in [4.78, 5) is 21.2. The zero-order valence-electron chi connectivity index (χ0n) is 18.4. The van der Waals surface area contributed by atoms with Gasteiger partial charge >= 0.3 is 0 Å². The summed E-state index contributed by atoms with van der Waals surface area (Å²) in [6, 6.07) is 18.6. The number of carbonyl (C=O) groups is 1. The molecule has 1 saturated heterocycles. The summed E-state index contributed by atoms with van der Waals surface area (Å²) in [5.74, 6) is -0.408. The van der Waals surface area contributed by atoms with Gasteiger partial charge in [-0.25, -0.2) is 0 Å². The Hall–Kier alpha value is -3.28. The number of aromatic nitrogens is 1. The molecule has 2 N–H and O–H groups in total. The predicted octanol–water partition coefficient (Wildman–Crippen LogP) is 3.58. The lowest BCUT2D eigenvalue weighted by atomic mass is 9.96. The molecule has 0 saturated carbocycles. The van der Waals surface area contributed by atoms with Crippen LogP contribution in [-0.4, -0.2) is 53.9 Å². The van der Waals surface area contributed by atoms with Crippen molar-refractivity contribution >= 4 is 11.5 Å². The van der Waals surface area contributed by atoms with Gasteiger partial charge in [0, 0.05) is 62.0 Å². The van der Waals surface area contributed by atoms with Crippen molar-refractivity contribution in [3.63, 3.8) is 0 Å². The van der Waals surface area contributed by atoms with Gasteiger partial charge in [0.05, 0.1) is 5.69 Å². The molecule has 1 amide bonds. The zero-order valence-corrected chi connectivity index (χ0v) is 18.4. The maximum absolute atomic E-state index is 11.6. The lowest BCUT2D eigenvalue weighted by Crippen LogP contribution is -2.43. The summed E-state index contributed by atoms with van der Waals surface area (Å²) < 4.78 is 0. The maximum atomic E-state index is 11.6. The number of fused-ring (bicyclic) bond motifs is 1. The van der Waals surface area contributed by atoms with Crippen LogP contribution in [0.5, 0.6) is 0 Å². The summed E-state index contributed by atoms with van der Waals surface area (Å²) in [7, 11) is 2.19. The molecule has 1 aliphatic heterocycles. The number of carbonyl (C=O) groups excluding carboxylic acids is 1. The van der Waals surface area contributed by atoms with E-state index < -0.39 is 5.91 Å². The van der Waals surface area contributed by atoms with E-state index in [-0.39, 0.29) is 0 Å². The van der Waals surface area contributed by atoms with Gasteiger partial charge in [-0.1, -0.05) is 42.5 Å². The fraction of sp³-hybridized carbons (Fsp3) is 0.259. The highest BCUT2D eigenvalue weighted by Gasteiger charge is 2.19. The van der Waals surface area contributed by atoms with Crippen LogP contribution in [0.1, 0.15) is 32.7 Å². The first-order valence-electron chi connectivity index (χ1n) is 11.2. The number of likely N-dealkylation sites (N-methyl/N-ethyl adjacent to an activating group) is 1. The Morgan fingerprint density at radius 1 is 0.969 bits per heavy atom. The van der Waals surface area contributed by atoms with Crippen molar-refractivity contribution in [1.29, 1.82) is 0 Å². The predicted molar refractivity (Wildman–Crippen MR) is 128 cm³/mol. The molecule has 5 nitrogen and oxygen atoms in total. The minimum absolute atomic E-state index is 0.408. The summed E-state index contributed by atoms with van der Waals surface area (Å²) >= 11 is 0. The Kier molecular flexibility index (Phi) is 5.60. The van der Waals surface area contributed by atoms with E-state index in [1.165, 1.54) is 11.1 Å². The highest BCUT2D eigenvalue weighted by atomic mass is 16.1. The quantitative estimate of drug-likeness (QED) is 0.680. The molecule has 1 aliphatic carbocycles. The van der Waals surface area contributed by atoms with Gasteiger partial charge in [-0.15, -0.1) is 0 Å². The number of hydrogen-bond acceptors (Lipinski definition) is 4. The van der Waals surface area contributed by atoms with E-state index in [4.69, 9.17) is 10.7 Å². The van der Waals surface area contributed by atoms with Crippen LogP contribution in [0, 0.1) is 0 Å². The summed E-state index contributed by atoms with van der Waals surface area (Å²) in [5.41, 5.74) is 13.9. The molecule has 32 heavy (non-hydrogen) atoms. The first kappa shape index (κ1) is 20.6. The fourth-order valence-corrected chi connectivity index (χ4v) is 4.54. The zero-order chi connectivity index (χ0) is 22.1. The van der Waals surface area contributed by atoms with E-state index in [2.05, 4.69) is 53.3 Å². The molecule has 3 aromatic rings. The summed E-state index contributed by atoms with van der Waals surface area (Å²) in [5, 5.41) is 0. The second kappa shape index (κ2) is 8.69. The van der Waals surface area contributed by atoms with Gasteiger partial charge < -0.3 is 10.6 Å². The first-order valence-corrected chi connectivity index (χ1v) is 11.2. The van der Waals surface area contributed by atoms with E-state index in [0.29, 0.717) is 5.56 Å². The van der Waals surface area contributed by atoms with Crippen LogP contribution in [0.4, 0.5) is 0 Å². The first-order chi connectivity index (χ1) is 15.6. The molecular formula is C27H28N4O. The van der Waals surface area contributed by atoms with Crippen LogP contribution in [0.25, 0.3) is 16.7 Å². The molecule has 5 heteroatoms. The van der Waals surface area contributed by atoms with Gasteiger partial charge in [0.2, 0.25) is 5.91 Å². The molecule has 5 rings (SSSR count). The number of rotatable bonds is 5. The SMILES string of the molecule is CN1CCN(Cc2ccc(-c3cnc4c(c3)C(c3cccc(C(N)=O)c3)=CC4)cc2)CC1. The minimum atomic E-state index is -0.408. The molecule has 0 unspecified atom stereocenters. The smallest absolute Gasteiger partial charge is 0.248 e. The number of allylic oxidation sites excluding steroid dienone is 1. The molecule has 1 fully saturated rings. The average molecular weight is 425 g/mol. The van der Waals surface area contributed by atoms with Gasteiger partial charge in [-0.2, -0.15) is 0 Å². The molecule has 1 aromatic heterocycles. The molecule has 2 heterocycles. The van der Waals surface area contributed by atoms with Crippen LogP contribution in [-0.2, 0) is 13.0 Å². The van der Waals surface area contributed by atoms with Crippen molar-refractivity contribution in [2.45, 2.75) is 13.0 Å². The second-order valence-electron chi connectivity index (χ2n) is 8.76. The maximum Gasteiger partial charge on any atom is 0.248 e. The molecular weight excluding hydrogens is 396 g/mol. The van der Waals surface area contributed by atoms with Crippen LogP contribution < -0.4 is 5.73 Å². The number of benzene rings is 2. The standard InChI is InChI=1S/C27H28N4O/c1-30-11-13-31(14-12-30)18-19-5-7-20(8-6-19)23-16-25-24(9-10-26(25)29-17-23)21-3-2-4-22(15-21)27(28)32/h2-9,15-17H,10-14,18H2,1H3,(H2,28,32). The third kappa shape index (κ3) is 4.22. The number of hydrogen-bond donors (Lipinski definition) is 1. The Morgan fingerprint density at radius 2 is 1.75 bits per heavy atom. The fourth-order valence-electron chi connectivity index (χ4n) is 4.54. The number of piperazine rings is 1. The van der Waals surface area contributed by atoms with Gasteiger partial charge in [0.15, 0.2) is 0 Å². The minimum Gasteiger partial charge on any atom is -0.366 e. The van der Waals surface area contributed by atoms with Crippen molar-refractivity contribution in [3.8, 4) is 11.1 Å². The molecule has 0 radical (unpaired) electrons. The Labute approximate surface area is 189 Å². The van der Waals surface area contributed by atoms with Crippen molar-refractivity contribution in [2.75, 3.05) is 33.2 Å². The molecule has 0 spiro atoms. The van der Waals surface area contributed by atoms with Crippen LogP contribution in [0.15, 0.2) is 66.9 Å². The summed E-state index contributed by atoms with van der Waals surface area (Å²) in [6.07, 6.45) is 4.95. The third-order valence-corrected chi connectivity index (χ3v) is 6.51. The molecule has 2 aromatic carbocycles. The largest absolute Gasteiger partial charge is 0.366 e. The van der Waals surface area contributed by atoms with Crippen LogP contribution in [0.2, 0.25) is 0 Å². The normalized spacial score (nSPS) is 16.6. The lowest BCUT2D eigenvalue weighted by Gasteiger charge is -2.32. The molecule has 162 valence electrons. The highest BCUT2D eigenvalue weighted by Crippen LogP contribution is 2.34. The number of amides is 1. The van der Waals surface area contributed by atoms with Crippen molar-refractivity contribution in [3.05, 3.63) is 94.8 Å². The van der Waals surface area contributed by atoms with Gasteiger partial charge in [0.25, 0.3) is 0 Å². The molecule has 0 bridgehead atoms. The summed E-state index contributed by atoms with van der Waals surface area (Å²) in [6.45, 7) is 5.52. The monoisotopic (exact) mass is 424 g/mol. The topological polar surface area (TPSA) is 62.5 Å². The third-order valence-electron chi connectivity index (χ3n) is 6.51. The van der Waals surface area contributed by atoms with E-state index in [0.717, 1.165) is 67.1 Å². The Bertz CT molecular complexity index is 1170.